The summed E-state index contributed by atoms with van der Waals surface area (Å²) in [7, 11) is 0. The van der Waals surface area contributed by atoms with Crippen molar-refractivity contribution in [2.75, 3.05) is 19.7 Å². The third kappa shape index (κ3) is 3.98. The van der Waals surface area contributed by atoms with Gasteiger partial charge in [0.2, 0.25) is 5.91 Å². The van der Waals surface area contributed by atoms with Crippen molar-refractivity contribution in [2.24, 2.45) is 17.8 Å². The van der Waals surface area contributed by atoms with E-state index >= 15 is 0 Å². The summed E-state index contributed by atoms with van der Waals surface area (Å²) in [6.07, 6.45) is 4.14. The van der Waals surface area contributed by atoms with Crippen LogP contribution in [0.15, 0.2) is 0 Å². The third-order valence-corrected chi connectivity index (χ3v) is 3.81. The molecule has 17 heavy (non-hydrogen) atoms. The molecule has 1 N–H and O–H groups in total. The molecule has 0 radical (unpaired) electrons. The van der Waals surface area contributed by atoms with Gasteiger partial charge in [-0.15, -0.1) is 0 Å². The Hall–Kier alpha value is -0.570. The van der Waals surface area contributed by atoms with E-state index in [0.717, 1.165) is 38.8 Å². The fourth-order valence-electron chi connectivity index (χ4n) is 2.70. The average Bonchev–Trinajstić information content (AvgIpc) is 2.34. The normalized spacial score (nSPS) is 22.9. The second-order valence-electron chi connectivity index (χ2n) is 5.61. The molecule has 1 aliphatic heterocycles. The van der Waals surface area contributed by atoms with Crippen LogP contribution in [0.4, 0.5) is 0 Å². The Bertz CT molecular complexity index is 240. The summed E-state index contributed by atoms with van der Waals surface area (Å²) in [6, 6.07) is 0. The van der Waals surface area contributed by atoms with Gasteiger partial charge < -0.3 is 10.0 Å². The van der Waals surface area contributed by atoms with Crippen molar-refractivity contribution in [2.45, 2.75) is 46.5 Å². The van der Waals surface area contributed by atoms with Crippen molar-refractivity contribution in [3.05, 3.63) is 0 Å². The van der Waals surface area contributed by atoms with Crippen LogP contribution in [0.25, 0.3) is 0 Å². The number of aliphatic hydroxyl groups is 1. The van der Waals surface area contributed by atoms with Gasteiger partial charge in [-0.25, -0.2) is 0 Å². The van der Waals surface area contributed by atoms with Crippen LogP contribution in [0.3, 0.4) is 0 Å². The highest BCUT2D eigenvalue weighted by Crippen LogP contribution is 2.23. The molecule has 1 aliphatic rings. The highest BCUT2D eigenvalue weighted by atomic mass is 16.3. The molecule has 1 fully saturated rings. The first-order valence-electron chi connectivity index (χ1n) is 6.99. The van der Waals surface area contributed by atoms with Gasteiger partial charge in [-0.2, -0.15) is 0 Å². The van der Waals surface area contributed by atoms with Crippen LogP contribution in [0.2, 0.25) is 0 Å². The number of rotatable bonds is 5. The van der Waals surface area contributed by atoms with Gasteiger partial charge in [0, 0.05) is 25.6 Å². The van der Waals surface area contributed by atoms with E-state index in [2.05, 4.69) is 20.8 Å². The van der Waals surface area contributed by atoms with Crippen molar-refractivity contribution >= 4 is 5.91 Å². The van der Waals surface area contributed by atoms with E-state index in [1.54, 1.807) is 0 Å². The molecule has 3 nitrogen and oxygen atoms in total. The maximum Gasteiger partial charge on any atom is 0.225 e. The predicted octanol–water partition coefficient (Wildman–Crippen LogP) is 2.29. The molecule has 3 heteroatoms. The SMILES string of the molecule is CCCC(C(=O)N1CCCC(CO)C1)C(C)C. The van der Waals surface area contributed by atoms with Gasteiger partial charge >= 0.3 is 0 Å². The molecule has 2 unspecified atom stereocenters. The highest BCUT2D eigenvalue weighted by Gasteiger charge is 2.29. The first-order valence-corrected chi connectivity index (χ1v) is 6.99. The number of hydrogen-bond donors (Lipinski definition) is 1. The molecule has 0 aromatic heterocycles. The first-order chi connectivity index (χ1) is 8.10. The molecule has 0 saturated carbocycles. The van der Waals surface area contributed by atoms with Crippen LogP contribution >= 0.6 is 0 Å². The van der Waals surface area contributed by atoms with Crippen LogP contribution in [0.5, 0.6) is 0 Å². The molecule has 0 bridgehead atoms. The van der Waals surface area contributed by atoms with Gasteiger partial charge in [0.15, 0.2) is 0 Å². The second-order valence-corrected chi connectivity index (χ2v) is 5.61. The van der Waals surface area contributed by atoms with Crippen molar-refractivity contribution in [3.63, 3.8) is 0 Å². The largest absolute Gasteiger partial charge is 0.396 e. The maximum atomic E-state index is 12.4. The lowest BCUT2D eigenvalue weighted by atomic mass is 9.88. The van der Waals surface area contributed by atoms with E-state index < -0.39 is 0 Å². The summed E-state index contributed by atoms with van der Waals surface area (Å²) in [6.45, 7) is 8.24. The Balaban J connectivity index is 2.59. The molecule has 1 amide bonds. The topological polar surface area (TPSA) is 40.5 Å². The lowest BCUT2D eigenvalue weighted by molar-refractivity contribution is -0.139. The van der Waals surface area contributed by atoms with Crippen LogP contribution in [-0.2, 0) is 4.79 Å². The average molecular weight is 241 g/mol. The fourth-order valence-corrected chi connectivity index (χ4v) is 2.70. The fraction of sp³-hybridized carbons (Fsp3) is 0.929. The summed E-state index contributed by atoms with van der Waals surface area (Å²) in [5, 5.41) is 9.20. The zero-order valence-electron chi connectivity index (χ0n) is 11.5. The van der Waals surface area contributed by atoms with Crippen molar-refractivity contribution in [1.29, 1.82) is 0 Å². The van der Waals surface area contributed by atoms with Gasteiger partial charge in [0.05, 0.1) is 0 Å². The molecule has 100 valence electrons. The lowest BCUT2D eigenvalue weighted by Crippen LogP contribution is -2.44. The Morgan fingerprint density at radius 1 is 1.47 bits per heavy atom. The Morgan fingerprint density at radius 2 is 2.18 bits per heavy atom. The summed E-state index contributed by atoms with van der Waals surface area (Å²) in [4.78, 5) is 14.4. The van der Waals surface area contributed by atoms with Crippen LogP contribution in [0, 0.1) is 17.8 Å². The number of piperidine rings is 1. The van der Waals surface area contributed by atoms with E-state index in [1.165, 1.54) is 0 Å². The molecular weight excluding hydrogens is 214 g/mol. The zero-order valence-corrected chi connectivity index (χ0v) is 11.5. The number of hydrogen-bond acceptors (Lipinski definition) is 2. The van der Waals surface area contributed by atoms with Gasteiger partial charge in [0.1, 0.15) is 0 Å². The molecule has 1 rings (SSSR count). The van der Waals surface area contributed by atoms with E-state index in [1.807, 2.05) is 4.90 Å². The van der Waals surface area contributed by atoms with Crippen LogP contribution in [-0.4, -0.2) is 35.6 Å². The monoisotopic (exact) mass is 241 g/mol. The minimum absolute atomic E-state index is 0.164. The molecular formula is C14H27NO2. The molecule has 2 atom stereocenters. The quantitative estimate of drug-likeness (QED) is 0.802. The minimum Gasteiger partial charge on any atom is -0.396 e. The Morgan fingerprint density at radius 3 is 2.71 bits per heavy atom. The van der Waals surface area contributed by atoms with E-state index in [-0.39, 0.29) is 12.5 Å². The second kappa shape index (κ2) is 7.00. The summed E-state index contributed by atoms with van der Waals surface area (Å²) >= 11 is 0. The number of carbonyl (C=O) groups is 1. The maximum absolute atomic E-state index is 12.4. The molecule has 1 saturated heterocycles. The standard InChI is InChI=1S/C14H27NO2/c1-4-6-13(11(2)3)14(17)15-8-5-7-12(9-15)10-16/h11-13,16H,4-10H2,1-3H3. The Kier molecular flexibility index (Phi) is 5.96. The predicted molar refractivity (Wildman–Crippen MR) is 69.6 cm³/mol. The van der Waals surface area contributed by atoms with E-state index in [0.29, 0.717) is 17.7 Å². The molecule has 0 aromatic carbocycles. The number of nitrogens with zero attached hydrogens (tertiary/aromatic N) is 1. The van der Waals surface area contributed by atoms with Gasteiger partial charge in [-0.1, -0.05) is 27.2 Å². The third-order valence-electron chi connectivity index (χ3n) is 3.81. The number of aliphatic hydroxyl groups excluding tert-OH is 1. The summed E-state index contributed by atoms with van der Waals surface area (Å²) < 4.78 is 0. The molecule has 0 spiro atoms. The van der Waals surface area contributed by atoms with Crippen LogP contribution < -0.4 is 0 Å². The summed E-state index contributed by atoms with van der Waals surface area (Å²) in [5.41, 5.74) is 0. The first kappa shape index (κ1) is 14.5. The van der Waals surface area contributed by atoms with Crippen molar-refractivity contribution < 1.29 is 9.90 Å². The lowest BCUT2D eigenvalue weighted by Gasteiger charge is -2.35. The summed E-state index contributed by atoms with van der Waals surface area (Å²) in [5.74, 6) is 1.18. The number of carbonyl (C=O) groups excluding carboxylic acids is 1. The van der Waals surface area contributed by atoms with E-state index in [9.17, 15) is 9.90 Å². The molecule has 0 aliphatic carbocycles. The van der Waals surface area contributed by atoms with Crippen LogP contribution in [0.1, 0.15) is 46.5 Å². The number of amides is 1. The van der Waals surface area contributed by atoms with Gasteiger partial charge in [-0.05, 0) is 31.1 Å². The molecule has 0 aromatic rings. The van der Waals surface area contributed by atoms with E-state index in [4.69, 9.17) is 0 Å². The van der Waals surface area contributed by atoms with Crippen molar-refractivity contribution in [1.82, 2.24) is 4.90 Å². The minimum atomic E-state index is 0.164. The van der Waals surface area contributed by atoms with Gasteiger partial charge in [-0.3, -0.25) is 4.79 Å². The number of likely N-dealkylation sites (tertiary alicyclic amines) is 1. The molecule has 1 heterocycles. The smallest absolute Gasteiger partial charge is 0.225 e. The highest BCUT2D eigenvalue weighted by molar-refractivity contribution is 5.79. The zero-order chi connectivity index (χ0) is 12.8. The van der Waals surface area contributed by atoms with Crippen molar-refractivity contribution in [3.8, 4) is 0 Å². The van der Waals surface area contributed by atoms with Gasteiger partial charge in [0.25, 0.3) is 0 Å². The Labute approximate surface area is 105 Å².